The Kier molecular flexibility index (Phi) is 5.88. The highest BCUT2D eigenvalue weighted by atomic mass is 16.3. The SMILES string of the molecule is OC(CCC(c1ccccc1)c1ccccc1)(c1ccccc1)c1ccccc1. The van der Waals surface area contributed by atoms with E-state index in [4.69, 9.17) is 0 Å². The lowest BCUT2D eigenvalue weighted by atomic mass is 9.78. The average Bonchev–Trinajstić information content (AvgIpc) is 2.81. The molecule has 0 radical (unpaired) electrons. The first-order valence-electron chi connectivity index (χ1n) is 10.2. The minimum atomic E-state index is -1.02. The van der Waals surface area contributed by atoms with Crippen molar-refractivity contribution in [2.45, 2.75) is 24.4 Å². The number of aliphatic hydroxyl groups is 1. The monoisotopic (exact) mass is 378 g/mol. The Bertz CT molecular complexity index is 916. The number of hydrogen-bond acceptors (Lipinski definition) is 1. The van der Waals surface area contributed by atoms with Crippen LogP contribution in [0.4, 0.5) is 0 Å². The van der Waals surface area contributed by atoms with Crippen LogP contribution in [0, 0.1) is 0 Å². The van der Waals surface area contributed by atoms with Gasteiger partial charge in [-0.2, -0.15) is 0 Å². The molecule has 0 saturated carbocycles. The summed E-state index contributed by atoms with van der Waals surface area (Å²) >= 11 is 0. The van der Waals surface area contributed by atoms with Gasteiger partial charge in [-0.25, -0.2) is 0 Å². The quantitative estimate of drug-likeness (QED) is 0.387. The molecule has 0 bridgehead atoms. The Morgan fingerprint density at radius 3 is 1.24 bits per heavy atom. The molecule has 0 aliphatic heterocycles. The molecule has 4 aromatic rings. The van der Waals surface area contributed by atoms with Crippen molar-refractivity contribution >= 4 is 0 Å². The van der Waals surface area contributed by atoms with E-state index in [-0.39, 0.29) is 5.92 Å². The van der Waals surface area contributed by atoms with Crippen LogP contribution in [0.3, 0.4) is 0 Å². The van der Waals surface area contributed by atoms with Crippen LogP contribution in [0.1, 0.15) is 41.0 Å². The molecule has 0 aromatic heterocycles. The van der Waals surface area contributed by atoms with Crippen molar-refractivity contribution in [3.8, 4) is 0 Å². The van der Waals surface area contributed by atoms with Gasteiger partial charge in [-0.3, -0.25) is 0 Å². The Morgan fingerprint density at radius 2 is 0.862 bits per heavy atom. The maximum Gasteiger partial charge on any atom is 0.115 e. The highest BCUT2D eigenvalue weighted by molar-refractivity contribution is 5.37. The summed E-state index contributed by atoms with van der Waals surface area (Å²) in [6, 6.07) is 41.2. The molecular weight excluding hydrogens is 352 g/mol. The van der Waals surface area contributed by atoms with Gasteiger partial charge in [0.25, 0.3) is 0 Å². The van der Waals surface area contributed by atoms with E-state index in [2.05, 4.69) is 60.7 Å². The number of rotatable bonds is 7. The lowest BCUT2D eigenvalue weighted by Crippen LogP contribution is -2.28. The molecule has 0 fully saturated rings. The Balaban J connectivity index is 1.70. The molecule has 0 aliphatic rings. The summed E-state index contributed by atoms with van der Waals surface area (Å²) in [6.07, 6.45) is 1.48. The second kappa shape index (κ2) is 8.89. The highest BCUT2D eigenvalue weighted by Gasteiger charge is 2.32. The molecule has 1 nitrogen and oxygen atoms in total. The van der Waals surface area contributed by atoms with Crippen LogP contribution in [0.25, 0.3) is 0 Å². The van der Waals surface area contributed by atoms with Gasteiger partial charge < -0.3 is 5.11 Å². The van der Waals surface area contributed by atoms with Gasteiger partial charge in [0, 0.05) is 5.92 Å². The van der Waals surface area contributed by atoms with E-state index in [1.54, 1.807) is 0 Å². The minimum absolute atomic E-state index is 0.233. The van der Waals surface area contributed by atoms with Crippen molar-refractivity contribution in [3.63, 3.8) is 0 Å². The van der Waals surface area contributed by atoms with E-state index in [1.165, 1.54) is 11.1 Å². The zero-order valence-electron chi connectivity index (χ0n) is 16.5. The van der Waals surface area contributed by atoms with Crippen molar-refractivity contribution < 1.29 is 5.11 Å². The molecule has 0 aliphatic carbocycles. The molecule has 0 amide bonds. The summed E-state index contributed by atoms with van der Waals surface area (Å²) in [7, 11) is 0. The Hall–Kier alpha value is -3.16. The summed E-state index contributed by atoms with van der Waals surface area (Å²) in [5.74, 6) is 0.233. The molecule has 144 valence electrons. The second-order valence-electron chi connectivity index (χ2n) is 7.50. The van der Waals surface area contributed by atoms with Gasteiger partial charge in [-0.05, 0) is 35.1 Å². The standard InChI is InChI=1S/C28H26O/c29-28(25-17-9-3-10-18-25,26-19-11-4-12-20-26)22-21-27(23-13-5-1-6-14-23)24-15-7-2-8-16-24/h1-20,27,29H,21-22H2. The zero-order valence-corrected chi connectivity index (χ0v) is 16.5. The molecule has 0 spiro atoms. The lowest BCUT2D eigenvalue weighted by Gasteiger charge is -2.31. The first-order chi connectivity index (χ1) is 14.3. The van der Waals surface area contributed by atoms with Crippen molar-refractivity contribution in [1.29, 1.82) is 0 Å². The summed E-state index contributed by atoms with van der Waals surface area (Å²) in [6.45, 7) is 0. The fourth-order valence-corrected chi connectivity index (χ4v) is 4.13. The van der Waals surface area contributed by atoms with Gasteiger partial charge in [0.05, 0.1) is 0 Å². The lowest BCUT2D eigenvalue weighted by molar-refractivity contribution is 0.0674. The predicted molar refractivity (Wildman–Crippen MR) is 120 cm³/mol. The maximum absolute atomic E-state index is 11.9. The number of hydrogen-bond donors (Lipinski definition) is 1. The fourth-order valence-electron chi connectivity index (χ4n) is 4.13. The van der Waals surface area contributed by atoms with Crippen molar-refractivity contribution in [3.05, 3.63) is 144 Å². The van der Waals surface area contributed by atoms with Gasteiger partial charge >= 0.3 is 0 Å². The van der Waals surface area contributed by atoms with Gasteiger partial charge in [-0.15, -0.1) is 0 Å². The third kappa shape index (κ3) is 4.31. The molecule has 0 atom stereocenters. The van der Waals surface area contributed by atoms with Crippen LogP contribution in [-0.2, 0) is 5.60 Å². The fraction of sp³-hybridized carbons (Fsp3) is 0.143. The Labute approximate surface area is 173 Å². The van der Waals surface area contributed by atoms with Crippen molar-refractivity contribution in [1.82, 2.24) is 0 Å². The van der Waals surface area contributed by atoms with Gasteiger partial charge in [0.2, 0.25) is 0 Å². The molecule has 4 rings (SSSR count). The molecule has 1 heteroatoms. The van der Waals surface area contributed by atoms with Crippen LogP contribution < -0.4 is 0 Å². The van der Waals surface area contributed by atoms with E-state index in [0.29, 0.717) is 6.42 Å². The maximum atomic E-state index is 11.9. The first kappa shape index (κ1) is 19.2. The van der Waals surface area contributed by atoms with Crippen molar-refractivity contribution in [2.24, 2.45) is 0 Å². The topological polar surface area (TPSA) is 20.2 Å². The first-order valence-corrected chi connectivity index (χ1v) is 10.2. The average molecular weight is 379 g/mol. The highest BCUT2D eigenvalue weighted by Crippen LogP contribution is 2.38. The normalized spacial score (nSPS) is 11.5. The molecule has 0 unspecified atom stereocenters. The molecule has 0 saturated heterocycles. The van der Waals surface area contributed by atoms with E-state index < -0.39 is 5.60 Å². The summed E-state index contributed by atoms with van der Waals surface area (Å²) in [5, 5.41) is 11.9. The molecular formula is C28H26O. The van der Waals surface area contributed by atoms with Crippen LogP contribution in [-0.4, -0.2) is 5.11 Å². The second-order valence-corrected chi connectivity index (χ2v) is 7.50. The Morgan fingerprint density at radius 1 is 0.517 bits per heavy atom. The van der Waals surface area contributed by atoms with Crippen LogP contribution in [0.5, 0.6) is 0 Å². The van der Waals surface area contributed by atoms with E-state index in [1.807, 2.05) is 60.7 Å². The third-order valence-corrected chi connectivity index (χ3v) is 5.70. The molecule has 0 heterocycles. The smallest absolute Gasteiger partial charge is 0.115 e. The van der Waals surface area contributed by atoms with Crippen molar-refractivity contribution in [2.75, 3.05) is 0 Å². The van der Waals surface area contributed by atoms with Crippen LogP contribution >= 0.6 is 0 Å². The predicted octanol–water partition coefficient (Wildman–Crippen LogP) is 6.53. The zero-order chi connectivity index (χ0) is 19.9. The van der Waals surface area contributed by atoms with E-state index >= 15 is 0 Å². The third-order valence-electron chi connectivity index (χ3n) is 5.70. The summed E-state index contributed by atoms with van der Waals surface area (Å²) in [5.41, 5.74) is 3.41. The van der Waals surface area contributed by atoms with Crippen LogP contribution in [0.2, 0.25) is 0 Å². The van der Waals surface area contributed by atoms with E-state index in [9.17, 15) is 5.11 Å². The van der Waals surface area contributed by atoms with Gasteiger partial charge in [-0.1, -0.05) is 121 Å². The summed E-state index contributed by atoms with van der Waals surface area (Å²) in [4.78, 5) is 0. The van der Waals surface area contributed by atoms with E-state index in [0.717, 1.165) is 17.5 Å². The van der Waals surface area contributed by atoms with Crippen LogP contribution in [0.15, 0.2) is 121 Å². The van der Waals surface area contributed by atoms with Gasteiger partial charge in [0.1, 0.15) is 5.60 Å². The largest absolute Gasteiger partial charge is 0.380 e. The molecule has 29 heavy (non-hydrogen) atoms. The minimum Gasteiger partial charge on any atom is -0.380 e. The van der Waals surface area contributed by atoms with Gasteiger partial charge in [0.15, 0.2) is 0 Å². The summed E-state index contributed by atoms with van der Waals surface area (Å²) < 4.78 is 0. The molecule has 1 N–H and O–H groups in total. The molecule has 4 aromatic carbocycles. The number of benzene rings is 4.